The van der Waals surface area contributed by atoms with Crippen molar-refractivity contribution in [3.63, 3.8) is 0 Å². The highest BCUT2D eigenvalue weighted by molar-refractivity contribution is 8.00. The topological polar surface area (TPSA) is 150 Å². The Morgan fingerprint density at radius 1 is 1.21 bits per heavy atom. The Hall–Kier alpha value is -3.47. The van der Waals surface area contributed by atoms with Crippen LogP contribution in [-0.2, 0) is 9.59 Å². The van der Waals surface area contributed by atoms with Gasteiger partial charge in [0.25, 0.3) is 5.69 Å². The number of thioether (sulfide) groups is 1. The summed E-state index contributed by atoms with van der Waals surface area (Å²) in [4.78, 5) is 47.3. The molecule has 2 aromatic rings. The third-order valence-corrected chi connectivity index (χ3v) is 5.05. The molecular weight excluding hydrogens is 403 g/mol. The molecule has 4 N–H and O–H groups in total. The Morgan fingerprint density at radius 3 is 2.45 bits per heavy atom. The van der Waals surface area contributed by atoms with Gasteiger partial charge in [-0.3, -0.25) is 24.5 Å². The molecule has 9 nitrogen and oxygen atoms in total. The minimum absolute atomic E-state index is 0.0376. The number of carbonyl (C=O) groups is 3. The molecule has 11 heteroatoms. The van der Waals surface area contributed by atoms with Gasteiger partial charge in [-0.15, -0.1) is 11.8 Å². The second kappa shape index (κ2) is 9.15. The summed E-state index contributed by atoms with van der Waals surface area (Å²) in [5.41, 5.74) is 10.3. The summed E-state index contributed by atoms with van der Waals surface area (Å²) >= 11 is 0.849. The van der Waals surface area contributed by atoms with E-state index >= 15 is 0 Å². The van der Waals surface area contributed by atoms with Gasteiger partial charge in [0.2, 0.25) is 17.7 Å². The third-order valence-electron chi connectivity index (χ3n) is 4.01. The minimum Gasteiger partial charge on any atom is -0.368 e. The number of carbonyl (C=O) groups excluding carboxylic acids is 3. The zero-order valence-corrected chi connectivity index (χ0v) is 16.0. The summed E-state index contributed by atoms with van der Waals surface area (Å²) in [5.74, 6) is -3.08. The van der Waals surface area contributed by atoms with Gasteiger partial charge in [-0.25, -0.2) is 4.39 Å². The van der Waals surface area contributed by atoms with Crippen molar-refractivity contribution in [2.24, 2.45) is 11.5 Å². The zero-order valence-electron chi connectivity index (χ0n) is 15.2. The van der Waals surface area contributed by atoms with Gasteiger partial charge in [-0.1, -0.05) is 12.1 Å². The van der Waals surface area contributed by atoms with Gasteiger partial charge in [0.05, 0.1) is 15.6 Å². The van der Waals surface area contributed by atoms with E-state index in [1.165, 1.54) is 37.4 Å². The van der Waals surface area contributed by atoms with Crippen molar-refractivity contribution in [3.8, 4) is 0 Å². The maximum absolute atomic E-state index is 13.5. The van der Waals surface area contributed by atoms with E-state index in [0.717, 1.165) is 28.8 Å². The molecule has 1 atom stereocenters. The molecule has 1 unspecified atom stereocenters. The summed E-state index contributed by atoms with van der Waals surface area (Å²) in [6.45, 7) is 0. The normalized spacial score (nSPS) is 11.5. The molecule has 0 aliphatic heterocycles. The Morgan fingerprint density at radius 2 is 1.90 bits per heavy atom. The molecule has 0 heterocycles. The van der Waals surface area contributed by atoms with Crippen LogP contribution in [0.1, 0.15) is 22.0 Å². The molecule has 0 aliphatic rings. The van der Waals surface area contributed by atoms with E-state index in [9.17, 15) is 28.9 Å². The number of hydrogen-bond donors (Lipinski definition) is 2. The van der Waals surface area contributed by atoms with Gasteiger partial charge in [-0.05, 0) is 29.8 Å². The van der Waals surface area contributed by atoms with Crippen LogP contribution in [0.25, 0.3) is 0 Å². The first-order valence-corrected chi connectivity index (χ1v) is 9.12. The Labute approximate surface area is 169 Å². The number of nitrogens with two attached hydrogens (primary N) is 2. The maximum Gasteiger partial charge on any atom is 0.283 e. The van der Waals surface area contributed by atoms with E-state index < -0.39 is 34.5 Å². The SMILES string of the molecule is CN(C(=O)CSc1ccc(C(N)=O)cc1[N+](=O)[O-])C(C(N)=O)c1cccc(F)c1. The summed E-state index contributed by atoms with van der Waals surface area (Å²) in [7, 11) is 1.33. The molecule has 0 aromatic heterocycles. The van der Waals surface area contributed by atoms with Crippen LogP contribution in [0, 0.1) is 15.9 Å². The number of nitro groups is 1. The third kappa shape index (κ3) is 5.29. The largest absolute Gasteiger partial charge is 0.368 e. The summed E-state index contributed by atoms with van der Waals surface area (Å²) < 4.78 is 13.5. The van der Waals surface area contributed by atoms with E-state index in [2.05, 4.69) is 0 Å². The Balaban J connectivity index is 2.20. The molecular formula is C18H17FN4O5S. The number of amides is 3. The van der Waals surface area contributed by atoms with E-state index in [-0.39, 0.29) is 27.5 Å². The van der Waals surface area contributed by atoms with Crippen LogP contribution in [0.3, 0.4) is 0 Å². The van der Waals surface area contributed by atoms with Crippen LogP contribution in [0.2, 0.25) is 0 Å². The van der Waals surface area contributed by atoms with Crippen molar-refractivity contribution >= 4 is 35.2 Å². The van der Waals surface area contributed by atoms with Crippen LogP contribution in [0.15, 0.2) is 47.4 Å². The average molecular weight is 420 g/mol. The second-order valence-electron chi connectivity index (χ2n) is 5.96. The number of halogens is 1. The van der Waals surface area contributed by atoms with Crippen LogP contribution in [0.4, 0.5) is 10.1 Å². The van der Waals surface area contributed by atoms with Gasteiger partial charge < -0.3 is 16.4 Å². The first-order chi connectivity index (χ1) is 13.6. The first kappa shape index (κ1) is 21.8. The molecule has 0 spiro atoms. The Kier molecular flexibility index (Phi) is 6.89. The monoisotopic (exact) mass is 420 g/mol. The summed E-state index contributed by atoms with van der Waals surface area (Å²) in [6.07, 6.45) is 0. The van der Waals surface area contributed by atoms with Gasteiger partial charge in [0, 0.05) is 18.7 Å². The van der Waals surface area contributed by atoms with Crippen molar-refractivity contribution in [1.29, 1.82) is 0 Å². The molecule has 0 radical (unpaired) electrons. The predicted octanol–water partition coefficient (Wildman–Crippen LogP) is 1.61. The van der Waals surface area contributed by atoms with Gasteiger partial charge >= 0.3 is 0 Å². The molecule has 0 fully saturated rings. The fourth-order valence-electron chi connectivity index (χ4n) is 2.58. The van der Waals surface area contributed by atoms with Crippen LogP contribution >= 0.6 is 11.8 Å². The fourth-order valence-corrected chi connectivity index (χ4v) is 3.50. The van der Waals surface area contributed by atoms with Crippen LogP contribution < -0.4 is 11.5 Å². The van der Waals surface area contributed by atoms with E-state index in [0.29, 0.717) is 0 Å². The number of rotatable bonds is 8. The van der Waals surface area contributed by atoms with E-state index in [4.69, 9.17) is 11.5 Å². The molecule has 0 aliphatic carbocycles. The Bertz CT molecular complexity index is 984. The maximum atomic E-state index is 13.5. The molecule has 2 rings (SSSR count). The average Bonchev–Trinajstić information content (AvgIpc) is 2.65. The lowest BCUT2D eigenvalue weighted by atomic mass is 10.0. The van der Waals surface area contributed by atoms with Gasteiger partial charge in [0.1, 0.15) is 11.9 Å². The van der Waals surface area contributed by atoms with Crippen LogP contribution in [-0.4, -0.2) is 40.3 Å². The molecule has 3 amide bonds. The van der Waals surface area contributed by atoms with E-state index in [1.54, 1.807) is 0 Å². The minimum atomic E-state index is -1.20. The smallest absolute Gasteiger partial charge is 0.283 e. The summed E-state index contributed by atoms with van der Waals surface area (Å²) in [6, 6.07) is 7.58. The highest BCUT2D eigenvalue weighted by atomic mass is 32.2. The van der Waals surface area contributed by atoms with Crippen molar-refractivity contribution in [2.45, 2.75) is 10.9 Å². The highest BCUT2D eigenvalue weighted by Crippen LogP contribution is 2.31. The lowest BCUT2D eigenvalue weighted by molar-refractivity contribution is -0.387. The number of nitro benzene ring substituents is 1. The number of hydrogen-bond acceptors (Lipinski definition) is 6. The lowest BCUT2D eigenvalue weighted by Gasteiger charge is -2.26. The van der Waals surface area contributed by atoms with E-state index in [1.807, 2.05) is 0 Å². The van der Waals surface area contributed by atoms with Crippen molar-refractivity contribution < 1.29 is 23.7 Å². The number of nitrogens with zero attached hydrogens (tertiary/aromatic N) is 2. The van der Waals surface area contributed by atoms with Crippen molar-refractivity contribution in [1.82, 2.24) is 4.90 Å². The zero-order chi connectivity index (χ0) is 21.7. The molecule has 0 bridgehead atoms. The lowest BCUT2D eigenvalue weighted by Crippen LogP contribution is -2.40. The van der Waals surface area contributed by atoms with Crippen LogP contribution in [0.5, 0.6) is 0 Å². The quantitative estimate of drug-likeness (QED) is 0.376. The first-order valence-electron chi connectivity index (χ1n) is 8.13. The molecule has 152 valence electrons. The standard InChI is InChI=1S/C18H17FN4O5S/c1-22(16(18(21)26)10-3-2-4-12(19)7-10)15(24)9-29-14-6-5-11(17(20)25)8-13(14)23(27)28/h2-8,16H,9H2,1H3,(H2,20,25)(H2,21,26). The summed E-state index contributed by atoms with van der Waals surface area (Å²) in [5, 5.41) is 11.2. The second-order valence-corrected chi connectivity index (χ2v) is 6.97. The van der Waals surface area contributed by atoms with Crippen molar-refractivity contribution in [2.75, 3.05) is 12.8 Å². The molecule has 29 heavy (non-hydrogen) atoms. The molecule has 2 aromatic carbocycles. The predicted molar refractivity (Wildman–Crippen MR) is 103 cm³/mol. The van der Waals surface area contributed by atoms with Crippen molar-refractivity contribution in [3.05, 3.63) is 69.5 Å². The highest BCUT2D eigenvalue weighted by Gasteiger charge is 2.27. The number of likely N-dealkylation sites (N-methyl/N-ethyl adjacent to an activating group) is 1. The molecule has 0 saturated carbocycles. The molecule has 0 saturated heterocycles. The fraction of sp³-hybridized carbons (Fsp3) is 0.167. The van der Waals surface area contributed by atoms with Gasteiger partial charge in [-0.2, -0.15) is 0 Å². The number of benzene rings is 2. The van der Waals surface area contributed by atoms with Gasteiger partial charge in [0.15, 0.2) is 0 Å². The number of primary amides is 2.